The van der Waals surface area contributed by atoms with Crippen molar-refractivity contribution in [1.29, 1.82) is 0 Å². The van der Waals surface area contributed by atoms with Crippen LogP contribution >= 0.6 is 11.8 Å². The fraction of sp³-hybridized carbons (Fsp3) is 0.400. The Bertz CT molecular complexity index is 1160. The highest BCUT2D eigenvalue weighted by Gasteiger charge is 2.25. The third-order valence-electron chi connectivity index (χ3n) is 5.63. The molecule has 3 aromatic rings. The summed E-state index contributed by atoms with van der Waals surface area (Å²) in [6.45, 7) is 1.94. The maximum Gasteiger partial charge on any atom is 0.407 e. The minimum atomic E-state index is -0.430. The van der Waals surface area contributed by atoms with Gasteiger partial charge in [-0.3, -0.25) is 0 Å². The number of nitrogen functional groups attached to an aromatic ring is 1. The number of aryl methyl sites for hydroxylation is 1. The smallest absolute Gasteiger partial charge is 0.407 e. The van der Waals surface area contributed by atoms with Crippen LogP contribution in [0, 0.1) is 12.7 Å². The third kappa shape index (κ3) is 7.11. The monoisotopic (exact) mass is 501 g/mol. The molecule has 0 unspecified atom stereocenters. The zero-order valence-electron chi connectivity index (χ0n) is 20.4. The van der Waals surface area contributed by atoms with Gasteiger partial charge in [0.1, 0.15) is 23.7 Å². The van der Waals surface area contributed by atoms with E-state index in [-0.39, 0.29) is 18.0 Å². The van der Waals surface area contributed by atoms with E-state index in [9.17, 15) is 9.18 Å². The molecule has 1 saturated carbocycles. The van der Waals surface area contributed by atoms with Crippen LogP contribution in [0.2, 0.25) is 0 Å². The predicted octanol–water partition coefficient (Wildman–Crippen LogP) is 5.43. The molecule has 8 nitrogen and oxygen atoms in total. The lowest BCUT2D eigenvalue weighted by atomic mass is 9.93. The van der Waals surface area contributed by atoms with E-state index in [4.69, 9.17) is 10.5 Å². The van der Waals surface area contributed by atoms with Gasteiger partial charge in [-0.15, -0.1) is 0 Å². The molecule has 1 aliphatic carbocycles. The van der Waals surface area contributed by atoms with Gasteiger partial charge < -0.3 is 25.8 Å². The first kappa shape index (κ1) is 26.3. The molecule has 1 heterocycles. The molecule has 35 heavy (non-hydrogen) atoms. The molecule has 0 saturated heterocycles. The number of amides is 1. The molecule has 2 aromatic carbocycles. The van der Waals surface area contributed by atoms with E-state index in [0.29, 0.717) is 22.9 Å². The molecule has 1 aliphatic rings. The van der Waals surface area contributed by atoms with Crippen molar-refractivity contribution >= 4 is 46.0 Å². The second kappa shape index (κ2) is 12.4. The van der Waals surface area contributed by atoms with Crippen LogP contribution < -0.4 is 21.1 Å². The van der Waals surface area contributed by atoms with Crippen molar-refractivity contribution in [1.82, 2.24) is 15.3 Å². The quantitative estimate of drug-likeness (QED) is 0.397. The summed E-state index contributed by atoms with van der Waals surface area (Å²) >= 11 is 1.75. The summed E-state index contributed by atoms with van der Waals surface area (Å²) < 4.78 is 24.9. The van der Waals surface area contributed by atoms with Crippen LogP contribution in [0.15, 0.2) is 36.7 Å². The van der Waals surface area contributed by atoms with Crippen LogP contribution in [0.5, 0.6) is 5.75 Å². The average molecular weight is 502 g/mol. The summed E-state index contributed by atoms with van der Waals surface area (Å²) in [4.78, 5) is 20.1. The van der Waals surface area contributed by atoms with E-state index in [0.717, 1.165) is 42.1 Å². The number of thioether (sulfide) groups is 1. The minimum Gasteiger partial charge on any atom is -0.488 e. The Morgan fingerprint density at radius 2 is 1.86 bits per heavy atom. The van der Waals surface area contributed by atoms with Gasteiger partial charge in [0.25, 0.3) is 0 Å². The van der Waals surface area contributed by atoms with Crippen molar-refractivity contribution in [2.75, 3.05) is 30.7 Å². The molecular weight excluding hydrogens is 469 g/mol. The van der Waals surface area contributed by atoms with E-state index in [2.05, 4.69) is 25.3 Å². The number of halogens is 1. The van der Waals surface area contributed by atoms with Crippen molar-refractivity contribution < 1.29 is 18.7 Å². The first-order valence-corrected chi connectivity index (χ1v) is 13.0. The van der Waals surface area contributed by atoms with Crippen molar-refractivity contribution in [3.05, 3.63) is 48.0 Å². The Kier molecular flexibility index (Phi) is 9.36. The number of rotatable bonds is 5. The SMILES string of the molecule is COC(=O)NC1CCC(Oc2cc(F)ccc2Nc2ncnc3cc(N)cc(C)c23)CC1.CSC. The number of nitrogens with zero attached hydrogens (tertiary/aromatic N) is 2. The molecule has 188 valence electrons. The standard InChI is InChI=1S/C23H26FN5O3.C2H6S/c1-13-9-15(25)11-19-21(13)22(27-12-26-19)29-18-8-3-14(24)10-20(18)32-17-6-4-16(5-7-17)28-23(30)31-2;1-3-2/h3,8-12,16-17H,4-7,25H2,1-2H3,(H,28,30)(H,26,27,29);1-2H3. The number of nitrogens with one attached hydrogen (secondary N) is 2. The molecule has 0 radical (unpaired) electrons. The summed E-state index contributed by atoms with van der Waals surface area (Å²) in [5.74, 6) is 0.618. The summed E-state index contributed by atoms with van der Waals surface area (Å²) in [6.07, 6.45) is 8.02. The largest absolute Gasteiger partial charge is 0.488 e. The Morgan fingerprint density at radius 3 is 2.54 bits per heavy atom. The van der Waals surface area contributed by atoms with Gasteiger partial charge in [0, 0.05) is 23.2 Å². The number of anilines is 3. The molecule has 1 aromatic heterocycles. The first-order valence-electron chi connectivity index (χ1n) is 11.3. The third-order valence-corrected chi connectivity index (χ3v) is 5.63. The topological polar surface area (TPSA) is 111 Å². The number of ether oxygens (including phenoxy) is 2. The van der Waals surface area contributed by atoms with Crippen LogP contribution in [0.3, 0.4) is 0 Å². The van der Waals surface area contributed by atoms with Gasteiger partial charge in [-0.25, -0.2) is 19.2 Å². The number of alkyl carbamates (subject to hydrolysis) is 1. The first-order chi connectivity index (χ1) is 16.8. The fourth-order valence-electron chi connectivity index (χ4n) is 4.07. The molecule has 1 fully saturated rings. The van der Waals surface area contributed by atoms with Gasteiger partial charge >= 0.3 is 6.09 Å². The number of hydrogen-bond acceptors (Lipinski definition) is 8. The average Bonchev–Trinajstić information content (AvgIpc) is 2.82. The maximum absolute atomic E-state index is 14.0. The number of benzene rings is 2. The Morgan fingerprint density at radius 1 is 1.14 bits per heavy atom. The van der Waals surface area contributed by atoms with Gasteiger partial charge in [0.05, 0.1) is 24.4 Å². The number of methoxy groups -OCH3 is 1. The van der Waals surface area contributed by atoms with Crippen LogP contribution in [0.4, 0.5) is 26.4 Å². The molecule has 1 amide bonds. The van der Waals surface area contributed by atoms with E-state index < -0.39 is 6.09 Å². The highest BCUT2D eigenvalue weighted by molar-refractivity contribution is 7.97. The van der Waals surface area contributed by atoms with Gasteiger partial charge in [0.15, 0.2) is 0 Å². The number of nitrogens with two attached hydrogens (primary N) is 1. The lowest BCUT2D eigenvalue weighted by molar-refractivity contribution is 0.129. The molecular formula is C25H32FN5O3S. The van der Waals surface area contributed by atoms with Crippen molar-refractivity contribution in [2.24, 2.45) is 0 Å². The summed E-state index contributed by atoms with van der Waals surface area (Å²) in [7, 11) is 1.35. The normalized spacial score (nSPS) is 17.2. The zero-order valence-corrected chi connectivity index (χ0v) is 21.2. The summed E-state index contributed by atoms with van der Waals surface area (Å²) in [6, 6.07) is 8.08. The van der Waals surface area contributed by atoms with Crippen LogP contribution in [0.1, 0.15) is 31.2 Å². The molecule has 4 N–H and O–H groups in total. The van der Waals surface area contributed by atoms with Gasteiger partial charge in [0.2, 0.25) is 0 Å². The molecule has 0 atom stereocenters. The van der Waals surface area contributed by atoms with Crippen LogP contribution in [-0.2, 0) is 4.74 Å². The van der Waals surface area contributed by atoms with E-state index in [1.165, 1.54) is 25.6 Å². The van der Waals surface area contributed by atoms with Gasteiger partial charge in [-0.1, -0.05) is 0 Å². The van der Waals surface area contributed by atoms with Crippen molar-refractivity contribution in [3.8, 4) is 5.75 Å². The highest BCUT2D eigenvalue weighted by atomic mass is 32.2. The number of carbonyl (C=O) groups excluding carboxylic acids is 1. The molecule has 4 rings (SSSR count). The predicted molar refractivity (Wildman–Crippen MR) is 140 cm³/mol. The molecule has 0 aliphatic heterocycles. The molecule has 0 spiro atoms. The lowest BCUT2D eigenvalue weighted by Crippen LogP contribution is -2.39. The Labute approximate surface area is 209 Å². The van der Waals surface area contributed by atoms with Crippen molar-refractivity contribution in [3.63, 3.8) is 0 Å². The van der Waals surface area contributed by atoms with E-state index >= 15 is 0 Å². The van der Waals surface area contributed by atoms with Crippen molar-refractivity contribution in [2.45, 2.75) is 44.8 Å². The Hall–Kier alpha value is -3.27. The lowest BCUT2D eigenvalue weighted by Gasteiger charge is -2.29. The van der Waals surface area contributed by atoms with E-state index in [1.54, 1.807) is 23.9 Å². The van der Waals surface area contributed by atoms with Gasteiger partial charge in [-0.2, -0.15) is 11.8 Å². The number of fused-ring (bicyclic) bond motifs is 1. The second-order valence-electron chi connectivity index (χ2n) is 8.36. The van der Waals surface area contributed by atoms with Gasteiger partial charge in [-0.05, 0) is 74.9 Å². The number of aromatic nitrogens is 2. The fourth-order valence-corrected chi connectivity index (χ4v) is 4.07. The van der Waals surface area contributed by atoms with Crippen LogP contribution in [0.25, 0.3) is 10.9 Å². The second-order valence-corrected chi connectivity index (χ2v) is 9.17. The summed E-state index contributed by atoms with van der Waals surface area (Å²) in [5.41, 5.74) is 8.84. The zero-order chi connectivity index (χ0) is 25.4. The number of hydrogen-bond donors (Lipinski definition) is 3. The number of carbonyl (C=O) groups is 1. The summed E-state index contributed by atoms with van der Waals surface area (Å²) in [5, 5.41) is 6.94. The molecule has 0 bridgehead atoms. The minimum absolute atomic E-state index is 0.0511. The highest BCUT2D eigenvalue weighted by Crippen LogP contribution is 2.34. The van der Waals surface area contributed by atoms with E-state index in [1.807, 2.05) is 25.5 Å². The molecule has 10 heteroatoms. The van der Waals surface area contributed by atoms with Crippen LogP contribution in [-0.4, -0.2) is 47.8 Å². The Balaban J connectivity index is 0.00000108. The maximum atomic E-state index is 14.0.